The van der Waals surface area contributed by atoms with E-state index in [1.807, 2.05) is 30.3 Å². The summed E-state index contributed by atoms with van der Waals surface area (Å²) in [5.41, 5.74) is 1.85. The fourth-order valence-electron chi connectivity index (χ4n) is 4.25. The van der Waals surface area contributed by atoms with Gasteiger partial charge in [0.1, 0.15) is 23.2 Å². The monoisotopic (exact) mass is 572 g/mol. The maximum absolute atomic E-state index is 13.1. The summed E-state index contributed by atoms with van der Waals surface area (Å²) in [5, 5.41) is 15.1. The lowest BCUT2D eigenvalue weighted by Crippen LogP contribution is -2.43. The zero-order valence-corrected chi connectivity index (χ0v) is 22.3. The van der Waals surface area contributed by atoms with Crippen molar-refractivity contribution in [3.63, 3.8) is 0 Å². The van der Waals surface area contributed by atoms with Crippen LogP contribution in [-0.2, 0) is 16.1 Å². The normalized spacial score (nSPS) is 14.3. The number of hydrogen-bond acceptors (Lipinski definition) is 9. The van der Waals surface area contributed by atoms with Crippen LogP contribution < -0.4 is 10.6 Å². The van der Waals surface area contributed by atoms with Crippen LogP contribution in [0.5, 0.6) is 0 Å². The first-order valence-corrected chi connectivity index (χ1v) is 13.4. The lowest BCUT2D eigenvalue weighted by atomic mass is 10.2. The van der Waals surface area contributed by atoms with E-state index < -0.39 is 29.9 Å². The van der Waals surface area contributed by atoms with Gasteiger partial charge < -0.3 is 20.5 Å². The summed E-state index contributed by atoms with van der Waals surface area (Å²) in [7, 11) is 0. The van der Waals surface area contributed by atoms with Gasteiger partial charge in [-0.05, 0) is 42.7 Å². The van der Waals surface area contributed by atoms with Crippen LogP contribution in [0.25, 0.3) is 11.4 Å². The number of hydrogen-bond donors (Lipinski definition) is 3. The molecule has 0 spiro atoms. The molecule has 4 heterocycles. The Hall–Kier alpha value is -5.17. The van der Waals surface area contributed by atoms with E-state index in [2.05, 4.69) is 25.6 Å². The van der Waals surface area contributed by atoms with Crippen molar-refractivity contribution in [2.45, 2.75) is 25.5 Å². The minimum absolute atomic E-state index is 0.0440. The van der Waals surface area contributed by atoms with Gasteiger partial charge in [0.2, 0.25) is 5.91 Å². The molecule has 208 valence electrons. The van der Waals surface area contributed by atoms with Crippen LogP contribution in [-0.4, -0.2) is 61.4 Å². The Morgan fingerprint density at radius 3 is 2.56 bits per heavy atom. The average Bonchev–Trinajstić information content (AvgIpc) is 3.65. The van der Waals surface area contributed by atoms with Crippen LogP contribution >= 0.6 is 11.3 Å². The van der Waals surface area contributed by atoms with Gasteiger partial charge in [0.25, 0.3) is 5.91 Å². The molecule has 0 aliphatic carbocycles. The van der Waals surface area contributed by atoms with E-state index in [0.29, 0.717) is 25.1 Å². The highest BCUT2D eigenvalue weighted by atomic mass is 32.1. The molecule has 5 rings (SSSR count). The minimum atomic E-state index is -1.25. The number of thiazole rings is 1. The summed E-state index contributed by atoms with van der Waals surface area (Å²) >= 11 is 0.775. The number of carbonyl (C=O) groups is 4. The number of anilines is 2. The quantitative estimate of drug-likeness (QED) is 0.279. The second-order valence-corrected chi connectivity index (χ2v) is 10.0. The number of nitrogens with one attached hydrogen (secondary N) is 2. The first-order valence-electron chi connectivity index (χ1n) is 12.6. The molecule has 13 heteroatoms. The third-order valence-electron chi connectivity index (χ3n) is 6.23. The van der Waals surface area contributed by atoms with Crippen molar-refractivity contribution in [1.29, 1.82) is 0 Å². The summed E-state index contributed by atoms with van der Waals surface area (Å²) in [5.74, 6) is -2.15. The number of amides is 3. The van der Waals surface area contributed by atoms with Gasteiger partial charge in [0.15, 0.2) is 5.13 Å². The number of ether oxygens (including phenoxy) is 1. The number of benzene rings is 1. The van der Waals surface area contributed by atoms with E-state index in [1.165, 1.54) is 29.4 Å². The van der Waals surface area contributed by atoms with Gasteiger partial charge in [-0.25, -0.2) is 14.6 Å². The van der Waals surface area contributed by atoms with Gasteiger partial charge in [0.05, 0.1) is 23.1 Å². The van der Waals surface area contributed by atoms with Gasteiger partial charge in [-0.2, -0.15) is 0 Å². The molecule has 0 unspecified atom stereocenters. The number of likely N-dealkylation sites (tertiary alicyclic amines) is 1. The van der Waals surface area contributed by atoms with E-state index in [1.54, 1.807) is 18.3 Å². The van der Waals surface area contributed by atoms with E-state index in [4.69, 9.17) is 4.74 Å². The Bertz CT molecular complexity index is 1560. The molecule has 1 aliphatic rings. The van der Waals surface area contributed by atoms with Crippen LogP contribution in [0, 0.1) is 0 Å². The fraction of sp³-hybridized carbons (Fsp3) is 0.179. The van der Waals surface area contributed by atoms with Crippen LogP contribution in [0.15, 0.2) is 73.2 Å². The number of carbonyl (C=O) groups excluding carboxylic acids is 3. The van der Waals surface area contributed by atoms with Gasteiger partial charge in [-0.15, -0.1) is 0 Å². The van der Waals surface area contributed by atoms with Gasteiger partial charge >= 0.3 is 12.1 Å². The molecule has 1 fully saturated rings. The first-order chi connectivity index (χ1) is 19.9. The van der Waals surface area contributed by atoms with Crippen LogP contribution in [0.3, 0.4) is 0 Å². The standard InChI is InChI=1S/C28H24N6O6S/c35-24(31-19-8-4-12-29-15-19)18-10-11-20(30-14-18)22-23(26(37)38)41-27(32-22)33-25(36)21-9-5-13-34(21)28(39)40-16-17-6-2-1-3-7-17/h1-4,6-8,10-12,14-15,21H,5,9,13,16H2,(H,31,35)(H,37,38)(H,32,33,36)/t21-/m1/s1. The Labute approximate surface area is 238 Å². The van der Waals surface area contributed by atoms with Crippen molar-refractivity contribution in [2.24, 2.45) is 0 Å². The molecule has 4 aromatic rings. The second-order valence-electron chi connectivity index (χ2n) is 9.01. The largest absolute Gasteiger partial charge is 0.477 e. The van der Waals surface area contributed by atoms with Crippen molar-refractivity contribution in [2.75, 3.05) is 17.2 Å². The first kappa shape index (κ1) is 27.4. The molecule has 1 atom stereocenters. The van der Waals surface area contributed by atoms with Crippen molar-refractivity contribution in [1.82, 2.24) is 19.9 Å². The van der Waals surface area contributed by atoms with Crippen LogP contribution in [0.2, 0.25) is 0 Å². The van der Waals surface area contributed by atoms with E-state index in [9.17, 15) is 24.3 Å². The molecular formula is C28H24N6O6S. The summed E-state index contributed by atoms with van der Waals surface area (Å²) in [6.07, 6.45) is 4.84. The summed E-state index contributed by atoms with van der Waals surface area (Å²) < 4.78 is 5.39. The molecule has 1 aliphatic heterocycles. The lowest BCUT2D eigenvalue weighted by Gasteiger charge is -2.22. The lowest BCUT2D eigenvalue weighted by molar-refractivity contribution is -0.120. The van der Waals surface area contributed by atoms with Crippen molar-refractivity contribution in [3.05, 3.63) is 89.2 Å². The number of aromatic carboxylic acids is 1. The number of nitrogens with zero attached hydrogens (tertiary/aromatic N) is 4. The highest BCUT2D eigenvalue weighted by molar-refractivity contribution is 7.18. The molecule has 0 saturated carbocycles. The van der Waals surface area contributed by atoms with Gasteiger partial charge in [-0.1, -0.05) is 41.7 Å². The van der Waals surface area contributed by atoms with Gasteiger partial charge in [-0.3, -0.25) is 24.5 Å². The van der Waals surface area contributed by atoms with Crippen LogP contribution in [0.1, 0.15) is 38.4 Å². The molecular weight excluding hydrogens is 548 g/mol. The van der Waals surface area contributed by atoms with E-state index in [-0.39, 0.29) is 33.6 Å². The Kier molecular flexibility index (Phi) is 8.25. The minimum Gasteiger partial charge on any atom is -0.477 e. The van der Waals surface area contributed by atoms with E-state index >= 15 is 0 Å². The topological polar surface area (TPSA) is 164 Å². The summed E-state index contributed by atoms with van der Waals surface area (Å²) in [6.45, 7) is 0.444. The highest BCUT2D eigenvalue weighted by Gasteiger charge is 2.36. The molecule has 0 bridgehead atoms. The molecule has 3 N–H and O–H groups in total. The summed E-state index contributed by atoms with van der Waals surface area (Å²) in [6, 6.07) is 14.8. The third-order valence-corrected chi connectivity index (χ3v) is 7.19. The number of aromatic nitrogens is 3. The van der Waals surface area contributed by atoms with Crippen molar-refractivity contribution >= 4 is 46.0 Å². The number of carboxylic acid groups (broad SMARTS) is 1. The molecule has 12 nitrogen and oxygen atoms in total. The molecule has 3 amide bonds. The molecule has 3 aromatic heterocycles. The zero-order chi connectivity index (χ0) is 28.8. The zero-order valence-electron chi connectivity index (χ0n) is 21.5. The van der Waals surface area contributed by atoms with Crippen molar-refractivity contribution < 1.29 is 29.0 Å². The second kappa shape index (κ2) is 12.3. The molecule has 1 aromatic carbocycles. The Morgan fingerprint density at radius 1 is 1.02 bits per heavy atom. The highest BCUT2D eigenvalue weighted by Crippen LogP contribution is 2.31. The Balaban J connectivity index is 1.26. The smallest absolute Gasteiger partial charge is 0.410 e. The Morgan fingerprint density at radius 2 is 1.85 bits per heavy atom. The van der Waals surface area contributed by atoms with Crippen molar-refractivity contribution in [3.8, 4) is 11.4 Å². The average molecular weight is 573 g/mol. The third kappa shape index (κ3) is 6.53. The summed E-state index contributed by atoms with van der Waals surface area (Å²) in [4.78, 5) is 63.9. The fourth-order valence-corrected chi connectivity index (χ4v) is 5.07. The molecule has 1 saturated heterocycles. The van der Waals surface area contributed by atoms with Gasteiger partial charge in [0, 0.05) is 18.9 Å². The molecule has 0 radical (unpaired) electrons. The molecule has 41 heavy (non-hydrogen) atoms. The maximum atomic E-state index is 13.1. The van der Waals surface area contributed by atoms with Crippen LogP contribution in [0.4, 0.5) is 15.6 Å². The number of rotatable bonds is 8. The predicted molar refractivity (Wildman–Crippen MR) is 149 cm³/mol. The SMILES string of the molecule is O=C(Nc1cccnc1)c1ccc(-c2nc(NC(=O)[C@H]3CCCN3C(=O)OCc3ccccc3)sc2C(=O)O)nc1. The number of pyridine rings is 2. The predicted octanol–water partition coefficient (Wildman–Crippen LogP) is 4.29. The number of carboxylic acids is 1. The van der Waals surface area contributed by atoms with E-state index in [0.717, 1.165) is 16.9 Å². The maximum Gasteiger partial charge on any atom is 0.410 e.